The van der Waals surface area contributed by atoms with E-state index in [1.165, 1.54) is 18.2 Å². The van der Waals surface area contributed by atoms with Crippen molar-refractivity contribution in [3.8, 4) is 6.07 Å². The Labute approximate surface area is 184 Å². The van der Waals surface area contributed by atoms with Gasteiger partial charge in [0.2, 0.25) is 5.91 Å². The van der Waals surface area contributed by atoms with Crippen LogP contribution < -0.4 is 4.90 Å². The van der Waals surface area contributed by atoms with Crippen LogP contribution in [0.1, 0.15) is 46.0 Å². The van der Waals surface area contributed by atoms with Crippen molar-refractivity contribution in [3.05, 3.63) is 100 Å². The molecule has 1 N–H and O–H groups in total. The van der Waals surface area contributed by atoms with Gasteiger partial charge in [-0.05, 0) is 65.6 Å². The topological polar surface area (TPSA) is 81.4 Å². The maximum absolute atomic E-state index is 14.3. The number of hydrogen-bond acceptors (Lipinski definition) is 3. The summed E-state index contributed by atoms with van der Waals surface area (Å²) < 4.78 is 14.3. The minimum Gasteiger partial charge on any atom is -0.478 e. The van der Waals surface area contributed by atoms with Gasteiger partial charge in [-0.3, -0.25) is 4.79 Å². The number of nitrogens with zero attached hydrogens (tertiary/aromatic N) is 2. The highest BCUT2D eigenvalue weighted by Gasteiger charge is 2.74. The molecule has 32 heavy (non-hydrogen) atoms. The van der Waals surface area contributed by atoms with E-state index >= 15 is 0 Å². The number of carbonyl (C=O) groups is 2. The Hall–Kier alpha value is -3.98. The third-order valence-corrected chi connectivity index (χ3v) is 6.92. The molecule has 2 atom stereocenters. The van der Waals surface area contributed by atoms with Crippen molar-refractivity contribution in [2.24, 2.45) is 0 Å². The van der Waals surface area contributed by atoms with Gasteiger partial charge in [0.1, 0.15) is 5.82 Å². The van der Waals surface area contributed by atoms with Gasteiger partial charge in [-0.2, -0.15) is 5.26 Å². The van der Waals surface area contributed by atoms with Crippen molar-refractivity contribution < 1.29 is 19.1 Å². The standard InChI is InChI=1S/C26H19FN2O3/c1-25(19-7-5-16(13-28)6-8-19)15-26(25)21-12-20(27)9-10-22(21)29(24(26)32)14-17-3-2-4-18(11-17)23(30)31/h2-12H,14-15H2,1H3,(H,30,31)/t25-,26+/m1/s1. The lowest BCUT2D eigenvalue weighted by atomic mass is 9.83. The van der Waals surface area contributed by atoms with E-state index in [4.69, 9.17) is 5.26 Å². The highest BCUT2D eigenvalue weighted by atomic mass is 19.1. The summed E-state index contributed by atoms with van der Waals surface area (Å²) in [4.78, 5) is 26.8. The summed E-state index contributed by atoms with van der Waals surface area (Å²) in [5, 5.41) is 18.4. The summed E-state index contributed by atoms with van der Waals surface area (Å²) in [6.07, 6.45) is 0.535. The fourth-order valence-electron chi connectivity index (χ4n) is 5.13. The van der Waals surface area contributed by atoms with Gasteiger partial charge < -0.3 is 10.0 Å². The molecule has 0 unspecified atom stereocenters. The Bertz CT molecular complexity index is 1330. The van der Waals surface area contributed by atoms with Crippen LogP contribution in [-0.2, 0) is 22.2 Å². The molecule has 3 aromatic carbocycles. The number of nitriles is 1. The average Bonchev–Trinajstić information content (AvgIpc) is 3.38. The second-order valence-corrected chi connectivity index (χ2v) is 8.66. The number of rotatable bonds is 4. The van der Waals surface area contributed by atoms with E-state index in [9.17, 15) is 19.1 Å². The van der Waals surface area contributed by atoms with Crippen LogP contribution in [0.3, 0.4) is 0 Å². The van der Waals surface area contributed by atoms with Crippen molar-refractivity contribution in [1.29, 1.82) is 5.26 Å². The Morgan fingerprint density at radius 2 is 1.91 bits per heavy atom. The molecule has 1 amide bonds. The van der Waals surface area contributed by atoms with Crippen LogP contribution in [0.2, 0.25) is 0 Å². The third kappa shape index (κ3) is 2.68. The summed E-state index contributed by atoms with van der Waals surface area (Å²) >= 11 is 0. The monoisotopic (exact) mass is 426 g/mol. The first kappa shape index (κ1) is 20.0. The lowest BCUT2D eigenvalue weighted by molar-refractivity contribution is -0.120. The number of hydrogen-bond donors (Lipinski definition) is 1. The fraction of sp³-hybridized carbons (Fsp3) is 0.192. The summed E-state index contributed by atoms with van der Waals surface area (Å²) in [5.41, 5.74) is 2.19. The molecular formula is C26H19FN2O3. The minimum absolute atomic E-state index is 0.120. The van der Waals surface area contributed by atoms with Gasteiger partial charge in [0.15, 0.2) is 0 Å². The first-order valence-electron chi connectivity index (χ1n) is 10.2. The van der Waals surface area contributed by atoms with Crippen LogP contribution in [0.25, 0.3) is 0 Å². The summed E-state index contributed by atoms with van der Waals surface area (Å²) in [6, 6.07) is 20.2. The normalized spacial score (nSPS) is 23.2. The second kappa shape index (κ2) is 6.76. The molecule has 5 rings (SSSR count). The molecule has 0 aromatic heterocycles. The van der Waals surface area contributed by atoms with Gasteiger partial charge in [-0.15, -0.1) is 0 Å². The van der Waals surface area contributed by atoms with E-state index in [0.29, 0.717) is 28.8 Å². The molecule has 5 nitrogen and oxygen atoms in total. The molecule has 1 aliphatic carbocycles. The zero-order chi connectivity index (χ0) is 22.7. The number of carbonyl (C=O) groups excluding carboxylic acids is 1. The van der Waals surface area contributed by atoms with E-state index < -0.39 is 22.6 Å². The molecule has 1 fully saturated rings. The number of anilines is 1. The SMILES string of the molecule is C[C@]1(c2ccc(C#N)cc2)C[C@]12C(=O)N(Cc1cccc(C(=O)O)c1)c1ccc(F)cc12. The first-order chi connectivity index (χ1) is 15.3. The Kier molecular flexibility index (Phi) is 4.22. The molecule has 158 valence electrons. The molecule has 3 aromatic rings. The molecule has 1 spiro atoms. The Balaban J connectivity index is 1.57. The maximum atomic E-state index is 14.3. The third-order valence-electron chi connectivity index (χ3n) is 6.92. The van der Waals surface area contributed by atoms with Crippen LogP contribution >= 0.6 is 0 Å². The minimum atomic E-state index is -1.03. The van der Waals surface area contributed by atoms with E-state index in [-0.39, 0.29) is 18.0 Å². The molecule has 0 bridgehead atoms. The largest absolute Gasteiger partial charge is 0.478 e. The van der Waals surface area contributed by atoms with Gasteiger partial charge in [-0.25, -0.2) is 9.18 Å². The quantitative estimate of drug-likeness (QED) is 0.664. The molecule has 0 saturated heterocycles. The highest BCUT2D eigenvalue weighted by Crippen LogP contribution is 2.70. The van der Waals surface area contributed by atoms with Gasteiger partial charge >= 0.3 is 5.97 Å². The fourth-order valence-corrected chi connectivity index (χ4v) is 5.13. The van der Waals surface area contributed by atoms with Crippen LogP contribution in [0.4, 0.5) is 10.1 Å². The molecule has 6 heteroatoms. The zero-order valence-corrected chi connectivity index (χ0v) is 17.3. The number of halogens is 1. The number of fused-ring (bicyclic) bond motifs is 2. The Morgan fingerprint density at radius 1 is 1.16 bits per heavy atom. The van der Waals surface area contributed by atoms with Crippen LogP contribution in [0.5, 0.6) is 0 Å². The Morgan fingerprint density at radius 3 is 2.59 bits per heavy atom. The number of carboxylic acids is 1. The summed E-state index contributed by atoms with van der Waals surface area (Å²) in [6.45, 7) is 2.19. The van der Waals surface area contributed by atoms with Crippen molar-refractivity contribution >= 4 is 17.6 Å². The molecular weight excluding hydrogens is 407 g/mol. The maximum Gasteiger partial charge on any atom is 0.335 e. The molecule has 0 radical (unpaired) electrons. The van der Waals surface area contributed by atoms with Crippen LogP contribution in [-0.4, -0.2) is 17.0 Å². The lowest BCUT2D eigenvalue weighted by Gasteiger charge is -2.21. The lowest BCUT2D eigenvalue weighted by Crippen LogP contribution is -2.35. The van der Waals surface area contributed by atoms with E-state index in [1.807, 2.05) is 19.1 Å². The number of aromatic carboxylic acids is 1. The summed E-state index contributed by atoms with van der Waals surface area (Å²) in [7, 11) is 0. The predicted molar refractivity (Wildman–Crippen MR) is 116 cm³/mol. The van der Waals surface area contributed by atoms with Gasteiger partial charge in [0.05, 0.1) is 29.2 Å². The number of benzene rings is 3. The molecule has 2 aliphatic rings. The summed E-state index contributed by atoms with van der Waals surface area (Å²) in [5.74, 6) is -1.56. The van der Waals surface area contributed by atoms with E-state index in [0.717, 1.165) is 5.56 Å². The second-order valence-electron chi connectivity index (χ2n) is 8.66. The number of carboxylic acid groups (broad SMARTS) is 1. The van der Waals surface area contributed by atoms with Gasteiger partial charge in [0, 0.05) is 11.1 Å². The van der Waals surface area contributed by atoms with Crippen molar-refractivity contribution in [2.75, 3.05) is 4.90 Å². The highest BCUT2D eigenvalue weighted by molar-refractivity contribution is 6.12. The van der Waals surface area contributed by atoms with Crippen molar-refractivity contribution in [3.63, 3.8) is 0 Å². The van der Waals surface area contributed by atoms with Crippen LogP contribution in [0.15, 0.2) is 66.7 Å². The van der Waals surface area contributed by atoms with Crippen molar-refractivity contribution in [1.82, 2.24) is 0 Å². The molecule has 1 aliphatic heterocycles. The van der Waals surface area contributed by atoms with Gasteiger partial charge in [-0.1, -0.05) is 31.2 Å². The van der Waals surface area contributed by atoms with Gasteiger partial charge in [0.25, 0.3) is 0 Å². The van der Waals surface area contributed by atoms with Crippen molar-refractivity contribution in [2.45, 2.75) is 30.7 Å². The zero-order valence-electron chi connectivity index (χ0n) is 17.3. The van der Waals surface area contributed by atoms with E-state index in [1.54, 1.807) is 41.3 Å². The van der Waals surface area contributed by atoms with E-state index in [2.05, 4.69) is 6.07 Å². The molecule has 1 heterocycles. The smallest absolute Gasteiger partial charge is 0.335 e. The first-order valence-corrected chi connectivity index (χ1v) is 10.2. The number of amides is 1. The average molecular weight is 426 g/mol. The molecule has 1 saturated carbocycles. The predicted octanol–water partition coefficient (Wildman–Crippen LogP) is 4.54. The van der Waals surface area contributed by atoms with Crippen LogP contribution in [0, 0.1) is 17.1 Å².